The molecule has 0 saturated carbocycles. The van der Waals surface area contributed by atoms with Gasteiger partial charge in [-0.25, -0.2) is 0 Å². The van der Waals surface area contributed by atoms with Gasteiger partial charge in [-0.05, 0) is 12.1 Å². The van der Waals surface area contributed by atoms with Gasteiger partial charge in [0.15, 0.2) is 0 Å². The molecular weight excluding hydrogens is 317 g/mol. The monoisotopic (exact) mass is 327 g/mol. The van der Waals surface area contributed by atoms with Gasteiger partial charge in [0.25, 0.3) is 5.91 Å². The van der Waals surface area contributed by atoms with Gasteiger partial charge in [-0.3, -0.25) is 14.3 Å². The van der Waals surface area contributed by atoms with Gasteiger partial charge < -0.3 is 10.1 Å². The van der Waals surface area contributed by atoms with Gasteiger partial charge in [0, 0.05) is 6.20 Å². The maximum Gasteiger partial charge on any atom is 0.327 e. The number of hydrogen-bond donors (Lipinski definition) is 1. The number of rotatable bonds is 4. The van der Waals surface area contributed by atoms with Crippen molar-refractivity contribution in [2.75, 3.05) is 12.4 Å². The third kappa shape index (κ3) is 3.74. The van der Waals surface area contributed by atoms with Crippen LogP contribution in [0.25, 0.3) is 0 Å². The van der Waals surface area contributed by atoms with Crippen molar-refractivity contribution in [2.24, 2.45) is 0 Å². The Morgan fingerprint density at radius 1 is 1.38 bits per heavy atom. The topological polar surface area (TPSA) is 73.2 Å². The number of carbonyl (C=O) groups excluding carboxylic acids is 2. The summed E-state index contributed by atoms with van der Waals surface area (Å²) in [7, 11) is 1.29. The average molecular weight is 328 g/mol. The van der Waals surface area contributed by atoms with E-state index in [1.54, 1.807) is 18.2 Å². The molecule has 1 N–H and O–H groups in total. The number of ether oxygens (including phenoxy) is 1. The van der Waals surface area contributed by atoms with Gasteiger partial charge in [-0.2, -0.15) is 5.10 Å². The van der Waals surface area contributed by atoms with Gasteiger partial charge >= 0.3 is 5.97 Å². The summed E-state index contributed by atoms with van der Waals surface area (Å²) in [5.41, 5.74) is 0.685. The van der Waals surface area contributed by atoms with Crippen molar-refractivity contribution >= 4 is 40.8 Å². The summed E-state index contributed by atoms with van der Waals surface area (Å²) < 4.78 is 5.87. The molecule has 1 heterocycles. The molecule has 110 valence electrons. The number of amides is 1. The van der Waals surface area contributed by atoms with Gasteiger partial charge in [-0.15, -0.1) is 0 Å². The first-order chi connectivity index (χ1) is 10.0. The summed E-state index contributed by atoms with van der Waals surface area (Å²) in [4.78, 5) is 23.2. The summed E-state index contributed by atoms with van der Waals surface area (Å²) in [5, 5.41) is 7.03. The van der Waals surface area contributed by atoms with E-state index in [-0.39, 0.29) is 17.1 Å². The zero-order chi connectivity index (χ0) is 15.4. The van der Waals surface area contributed by atoms with Gasteiger partial charge in [-0.1, -0.05) is 29.3 Å². The highest BCUT2D eigenvalue weighted by Gasteiger charge is 2.14. The molecule has 0 aliphatic rings. The second kappa shape index (κ2) is 6.60. The molecule has 21 heavy (non-hydrogen) atoms. The molecule has 1 aromatic carbocycles. The highest BCUT2D eigenvalue weighted by Crippen LogP contribution is 2.26. The number of halogens is 2. The Morgan fingerprint density at radius 2 is 2.14 bits per heavy atom. The third-order valence-corrected chi connectivity index (χ3v) is 3.43. The number of nitrogens with one attached hydrogen (secondary N) is 1. The Morgan fingerprint density at radius 3 is 2.86 bits per heavy atom. The van der Waals surface area contributed by atoms with E-state index in [2.05, 4.69) is 15.2 Å². The number of hydrogen-bond acceptors (Lipinski definition) is 4. The molecule has 0 atom stereocenters. The Hall–Kier alpha value is -2.05. The van der Waals surface area contributed by atoms with Gasteiger partial charge in [0.05, 0.1) is 34.6 Å². The van der Waals surface area contributed by atoms with Crippen LogP contribution in [-0.4, -0.2) is 28.8 Å². The van der Waals surface area contributed by atoms with Crippen molar-refractivity contribution in [1.82, 2.24) is 9.78 Å². The molecule has 1 amide bonds. The second-order valence-corrected chi connectivity index (χ2v) is 4.84. The highest BCUT2D eigenvalue weighted by molar-refractivity contribution is 6.44. The van der Waals surface area contributed by atoms with E-state index in [1.807, 2.05) is 0 Å². The lowest BCUT2D eigenvalue weighted by molar-refractivity contribution is -0.141. The smallest absolute Gasteiger partial charge is 0.327 e. The molecule has 0 spiro atoms. The lowest BCUT2D eigenvalue weighted by atomic mass is 10.2. The first-order valence-electron chi connectivity index (χ1n) is 5.86. The molecule has 0 fully saturated rings. The Bertz CT molecular complexity index is 685. The molecule has 1 aromatic heterocycles. The molecule has 0 radical (unpaired) electrons. The molecule has 0 aliphatic carbocycles. The van der Waals surface area contributed by atoms with Crippen LogP contribution in [0.1, 0.15) is 10.4 Å². The first-order valence-corrected chi connectivity index (χ1v) is 6.61. The normalized spacial score (nSPS) is 10.2. The van der Waals surface area contributed by atoms with Crippen LogP contribution in [0.15, 0.2) is 30.6 Å². The first kappa shape index (κ1) is 15.3. The Balaban J connectivity index is 2.09. The van der Waals surface area contributed by atoms with Crippen LogP contribution in [0.3, 0.4) is 0 Å². The Kier molecular flexibility index (Phi) is 4.82. The van der Waals surface area contributed by atoms with Crippen LogP contribution in [0.2, 0.25) is 10.0 Å². The predicted molar refractivity (Wildman–Crippen MR) is 78.7 cm³/mol. The number of anilines is 1. The van der Waals surface area contributed by atoms with E-state index in [1.165, 1.54) is 24.2 Å². The minimum absolute atomic E-state index is 0.0374. The highest BCUT2D eigenvalue weighted by atomic mass is 35.5. The van der Waals surface area contributed by atoms with E-state index in [0.717, 1.165) is 0 Å². The van der Waals surface area contributed by atoms with Crippen molar-refractivity contribution < 1.29 is 14.3 Å². The second-order valence-electron chi connectivity index (χ2n) is 4.06. The number of carbonyl (C=O) groups is 2. The maximum absolute atomic E-state index is 12.1. The summed E-state index contributed by atoms with van der Waals surface area (Å²) in [5.74, 6) is -0.853. The standard InChI is InChI=1S/C13H11Cl2N3O3/c1-21-11(19)7-18-6-8(5-16-18)17-13(20)9-3-2-4-10(14)12(9)15/h2-6H,7H2,1H3,(H,17,20). The van der Waals surface area contributed by atoms with E-state index in [4.69, 9.17) is 23.2 Å². The molecule has 2 aromatic rings. The van der Waals surface area contributed by atoms with Crippen molar-refractivity contribution in [3.8, 4) is 0 Å². The number of esters is 1. The van der Waals surface area contributed by atoms with Crippen molar-refractivity contribution in [1.29, 1.82) is 0 Å². The van der Waals surface area contributed by atoms with Gasteiger partial charge in [0.2, 0.25) is 0 Å². The number of aromatic nitrogens is 2. The molecule has 0 unspecified atom stereocenters. The molecule has 6 nitrogen and oxygen atoms in total. The zero-order valence-corrected chi connectivity index (χ0v) is 12.5. The van der Waals surface area contributed by atoms with Crippen molar-refractivity contribution in [3.05, 3.63) is 46.2 Å². The average Bonchev–Trinajstić information content (AvgIpc) is 2.88. The number of benzene rings is 1. The fourth-order valence-corrected chi connectivity index (χ4v) is 1.98. The minimum atomic E-state index is -0.436. The minimum Gasteiger partial charge on any atom is -0.468 e. The number of nitrogens with zero attached hydrogens (tertiary/aromatic N) is 2. The molecule has 0 bridgehead atoms. The lowest BCUT2D eigenvalue weighted by Crippen LogP contribution is -2.13. The van der Waals surface area contributed by atoms with Crippen LogP contribution in [0.4, 0.5) is 5.69 Å². The summed E-state index contributed by atoms with van der Waals surface area (Å²) in [6.07, 6.45) is 2.92. The zero-order valence-electron chi connectivity index (χ0n) is 11.0. The lowest BCUT2D eigenvalue weighted by Gasteiger charge is -2.05. The van der Waals surface area contributed by atoms with Crippen molar-refractivity contribution in [3.63, 3.8) is 0 Å². The Labute approximate surface area is 130 Å². The quantitative estimate of drug-likeness (QED) is 0.876. The summed E-state index contributed by atoms with van der Waals surface area (Å²) in [6.45, 7) is -0.0374. The van der Waals surface area contributed by atoms with E-state index in [0.29, 0.717) is 10.7 Å². The fraction of sp³-hybridized carbons (Fsp3) is 0.154. The molecule has 0 saturated heterocycles. The van der Waals surface area contributed by atoms with Crippen LogP contribution in [-0.2, 0) is 16.1 Å². The SMILES string of the molecule is COC(=O)Cn1cc(NC(=O)c2cccc(Cl)c2Cl)cn1. The summed E-state index contributed by atoms with van der Waals surface area (Å²) in [6, 6.07) is 4.78. The third-order valence-electron chi connectivity index (χ3n) is 2.61. The summed E-state index contributed by atoms with van der Waals surface area (Å²) >= 11 is 11.8. The fourth-order valence-electron chi connectivity index (χ4n) is 1.59. The molecular formula is C13H11Cl2N3O3. The van der Waals surface area contributed by atoms with Crippen LogP contribution < -0.4 is 5.32 Å². The van der Waals surface area contributed by atoms with Crippen LogP contribution in [0.5, 0.6) is 0 Å². The maximum atomic E-state index is 12.1. The van der Waals surface area contributed by atoms with Gasteiger partial charge in [0.1, 0.15) is 6.54 Å². The molecule has 0 aliphatic heterocycles. The predicted octanol–water partition coefficient (Wildman–Crippen LogP) is 2.62. The van der Waals surface area contributed by atoms with Crippen LogP contribution in [0, 0.1) is 0 Å². The van der Waals surface area contributed by atoms with Crippen molar-refractivity contribution in [2.45, 2.75) is 6.54 Å². The molecule has 8 heteroatoms. The van der Waals surface area contributed by atoms with E-state index < -0.39 is 11.9 Å². The van der Waals surface area contributed by atoms with Crippen LogP contribution >= 0.6 is 23.2 Å². The molecule has 2 rings (SSSR count). The van der Waals surface area contributed by atoms with E-state index in [9.17, 15) is 9.59 Å². The number of methoxy groups -OCH3 is 1. The largest absolute Gasteiger partial charge is 0.468 e. The van der Waals surface area contributed by atoms with E-state index >= 15 is 0 Å².